The molecule has 0 aliphatic heterocycles. The predicted octanol–water partition coefficient (Wildman–Crippen LogP) is 0.826. The minimum atomic E-state index is -3.42. The summed E-state index contributed by atoms with van der Waals surface area (Å²) < 4.78 is 47.7. The zero-order valence-electron chi connectivity index (χ0n) is 13.4. The van der Waals surface area contributed by atoms with Crippen molar-refractivity contribution in [3.63, 3.8) is 0 Å². The van der Waals surface area contributed by atoms with E-state index in [2.05, 4.69) is 0 Å². The maximum atomic E-state index is 10.9. The van der Waals surface area contributed by atoms with Gasteiger partial charge in [-0.1, -0.05) is 0 Å². The van der Waals surface area contributed by atoms with E-state index in [1.165, 1.54) is 0 Å². The van der Waals surface area contributed by atoms with Crippen LogP contribution < -0.4 is 0 Å². The number of ether oxygens (including phenoxy) is 4. The van der Waals surface area contributed by atoms with E-state index >= 15 is 0 Å². The Morgan fingerprint density at radius 2 is 1.48 bits per heavy atom. The minimum Gasteiger partial charge on any atom is -0.382 e. The van der Waals surface area contributed by atoms with E-state index in [-0.39, 0.29) is 18.8 Å². The summed E-state index contributed by atoms with van der Waals surface area (Å²) >= 11 is 0. The Hall–Kier alpha value is -0.250. The Bertz CT molecular complexity index is 331. The average Bonchev–Trinajstić information content (AvgIpc) is 2.37. The minimum absolute atomic E-state index is 0.00840. The number of hydrogen-bond acceptors (Lipinski definition) is 7. The molecule has 0 fully saturated rings. The molecule has 0 aromatic carbocycles. The third-order valence-corrected chi connectivity index (χ3v) is 3.26. The molecule has 0 rings (SSSR count). The van der Waals surface area contributed by atoms with E-state index in [1.54, 1.807) is 14.2 Å². The fraction of sp³-hybridized carbons (Fsp3) is 1.00. The second-order valence-corrected chi connectivity index (χ2v) is 6.35. The van der Waals surface area contributed by atoms with Gasteiger partial charge in [-0.05, 0) is 19.8 Å². The predicted molar refractivity (Wildman–Crippen MR) is 78.9 cm³/mol. The van der Waals surface area contributed by atoms with E-state index in [9.17, 15) is 8.42 Å². The van der Waals surface area contributed by atoms with E-state index in [0.717, 1.165) is 6.26 Å². The van der Waals surface area contributed by atoms with Gasteiger partial charge in [-0.25, -0.2) is 0 Å². The molecule has 7 nitrogen and oxygen atoms in total. The zero-order valence-corrected chi connectivity index (χ0v) is 14.2. The van der Waals surface area contributed by atoms with Crippen molar-refractivity contribution in [2.45, 2.75) is 32.0 Å². The van der Waals surface area contributed by atoms with Gasteiger partial charge in [0.1, 0.15) is 0 Å². The van der Waals surface area contributed by atoms with Gasteiger partial charge in [0.15, 0.2) is 0 Å². The van der Waals surface area contributed by atoms with Crippen LogP contribution in [-0.2, 0) is 33.2 Å². The molecular formula is C13H28O7S. The maximum Gasteiger partial charge on any atom is 0.264 e. The second kappa shape index (κ2) is 12.3. The first-order valence-corrected chi connectivity index (χ1v) is 8.76. The van der Waals surface area contributed by atoms with Gasteiger partial charge in [0.05, 0.1) is 51.5 Å². The second-order valence-electron chi connectivity index (χ2n) is 4.71. The van der Waals surface area contributed by atoms with Crippen molar-refractivity contribution >= 4 is 10.1 Å². The SMILES string of the molecule is COCCOC(C)CC(CCOS(C)(=O)=O)OCCOC. The van der Waals surface area contributed by atoms with Crippen molar-refractivity contribution in [2.75, 3.05) is 53.5 Å². The fourth-order valence-electron chi connectivity index (χ4n) is 1.67. The molecule has 0 aliphatic carbocycles. The quantitative estimate of drug-likeness (QED) is 0.345. The first-order valence-electron chi connectivity index (χ1n) is 6.94. The zero-order chi connectivity index (χ0) is 16.1. The fourth-order valence-corrected chi connectivity index (χ4v) is 2.07. The van der Waals surface area contributed by atoms with E-state index in [4.69, 9.17) is 23.1 Å². The molecule has 0 amide bonds. The van der Waals surface area contributed by atoms with Crippen molar-refractivity contribution in [1.82, 2.24) is 0 Å². The first-order chi connectivity index (χ1) is 9.89. The van der Waals surface area contributed by atoms with Gasteiger partial charge in [-0.2, -0.15) is 8.42 Å². The Morgan fingerprint density at radius 1 is 0.905 bits per heavy atom. The Labute approximate surface area is 128 Å². The van der Waals surface area contributed by atoms with Crippen molar-refractivity contribution in [2.24, 2.45) is 0 Å². The maximum absolute atomic E-state index is 10.9. The van der Waals surface area contributed by atoms with Crippen molar-refractivity contribution in [3.8, 4) is 0 Å². The van der Waals surface area contributed by atoms with Crippen molar-refractivity contribution in [3.05, 3.63) is 0 Å². The molecule has 0 aromatic rings. The summed E-state index contributed by atoms with van der Waals surface area (Å²) in [6.07, 6.45) is 2.02. The van der Waals surface area contributed by atoms with Crippen LogP contribution in [0, 0.1) is 0 Å². The highest BCUT2D eigenvalue weighted by atomic mass is 32.2. The van der Waals surface area contributed by atoms with Crippen LogP contribution in [0.5, 0.6) is 0 Å². The summed E-state index contributed by atoms with van der Waals surface area (Å²) in [6.45, 7) is 4.03. The molecule has 0 saturated heterocycles. The van der Waals surface area contributed by atoms with Gasteiger partial charge in [0.2, 0.25) is 0 Å². The van der Waals surface area contributed by atoms with Gasteiger partial charge in [0.25, 0.3) is 10.1 Å². The lowest BCUT2D eigenvalue weighted by Crippen LogP contribution is -2.25. The lowest BCUT2D eigenvalue weighted by Gasteiger charge is -2.21. The smallest absolute Gasteiger partial charge is 0.264 e. The van der Waals surface area contributed by atoms with Crippen molar-refractivity contribution < 1.29 is 31.5 Å². The van der Waals surface area contributed by atoms with E-state index < -0.39 is 10.1 Å². The monoisotopic (exact) mass is 328 g/mol. The van der Waals surface area contributed by atoms with Crippen LogP contribution in [0.2, 0.25) is 0 Å². The Kier molecular flexibility index (Phi) is 12.2. The van der Waals surface area contributed by atoms with Crippen LogP contribution in [0.3, 0.4) is 0 Å². The average molecular weight is 328 g/mol. The standard InChI is InChI=1S/C13H28O7S/c1-12(18-9-7-16-2)11-13(19-10-8-17-3)5-6-20-21(4,14)15/h12-13H,5-11H2,1-4H3. The third-order valence-electron chi connectivity index (χ3n) is 2.66. The third kappa shape index (κ3) is 14.5. The Balaban J connectivity index is 4.11. The highest BCUT2D eigenvalue weighted by Gasteiger charge is 2.15. The highest BCUT2D eigenvalue weighted by molar-refractivity contribution is 7.85. The van der Waals surface area contributed by atoms with Gasteiger partial charge < -0.3 is 18.9 Å². The summed E-state index contributed by atoms with van der Waals surface area (Å²) in [5.41, 5.74) is 0. The lowest BCUT2D eigenvalue weighted by atomic mass is 10.1. The van der Waals surface area contributed by atoms with Crippen LogP contribution in [0.4, 0.5) is 0 Å². The molecule has 0 N–H and O–H groups in total. The summed E-state index contributed by atoms with van der Waals surface area (Å²) in [4.78, 5) is 0. The van der Waals surface area contributed by atoms with Crippen LogP contribution >= 0.6 is 0 Å². The first kappa shape index (κ1) is 20.8. The van der Waals surface area contributed by atoms with Crippen LogP contribution in [0.25, 0.3) is 0 Å². The normalized spacial score (nSPS) is 15.0. The van der Waals surface area contributed by atoms with Gasteiger partial charge in [0, 0.05) is 14.2 Å². The number of methoxy groups -OCH3 is 2. The summed E-state index contributed by atoms with van der Waals surface area (Å²) in [6, 6.07) is 0. The van der Waals surface area contributed by atoms with Gasteiger partial charge in [-0.3, -0.25) is 4.18 Å². The van der Waals surface area contributed by atoms with Crippen LogP contribution in [-0.4, -0.2) is 74.1 Å². The molecule has 2 atom stereocenters. The van der Waals surface area contributed by atoms with E-state index in [0.29, 0.717) is 39.3 Å². The van der Waals surface area contributed by atoms with Crippen LogP contribution in [0.15, 0.2) is 0 Å². The molecule has 128 valence electrons. The molecule has 0 aromatic heterocycles. The van der Waals surface area contributed by atoms with Gasteiger partial charge in [-0.15, -0.1) is 0 Å². The Morgan fingerprint density at radius 3 is 2.00 bits per heavy atom. The summed E-state index contributed by atoms with van der Waals surface area (Å²) in [5, 5.41) is 0. The molecule has 0 radical (unpaired) electrons. The number of rotatable bonds is 14. The largest absolute Gasteiger partial charge is 0.382 e. The molecule has 2 unspecified atom stereocenters. The van der Waals surface area contributed by atoms with Gasteiger partial charge >= 0.3 is 0 Å². The molecule has 21 heavy (non-hydrogen) atoms. The molecule has 0 aliphatic rings. The van der Waals surface area contributed by atoms with Crippen molar-refractivity contribution in [1.29, 1.82) is 0 Å². The number of hydrogen-bond donors (Lipinski definition) is 0. The van der Waals surface area contributed by atoms with Crippen LogP contribution in [0.1, 0.15) is 19.8 Å². The molecule has 8 heteroatoms. The highest BCUT2D eigenvalue weighted by Crippen LogP contribution is 2.11. The molecule has 0 bridgehead atoms. The molecule has 0 spiro atoms. The molecule has 0 heterocycles. The molecule has 0 saturated carbocycles. The summed E-state index contributed by atoms with van der Waals surface area (Å²) in [7, 11) is -0.202. The lowest BCUT2D eigenvalue weighted by molar-refractivity contribution is -0.0389. The summed E-state index contributed by atoms with van der Waals surface area (Å²) in [5.74, 6) is 0. The molecular weight excluding hydrogens is 300 g/mol. The topological polar surface area (TPSA) is 80.3 Å². The van der Waals surface area contributed by atoms with E-state index in [1.807, 2.05) is 6.92 Å².